The molecule has 0 nitrogen and oxygen atoms in total. The van der Waals surface area contributed by atoms with Gasteiger partial charge in [0.1, 0.15) is 0 Å². The Morgan fingerprint density at radius 2 is 1.25 bits per heavy atom. The molecule has 0 spiro atoms. The molecule has 1 aromatic carbocycles. The van der Waals surface area contributed by atoms with Crippen LogP contribution < -0.4 is 0 Å². The van der Waals surface area contributed by atoms with Crippen LogP contribution in [0.4, 0.5) is 0 Å². The summed E-state index contributed by atoms with van der Waals surface area (Å²) in [6, 6.07) is 10.3. The Morgan fingerprint density at radius 3 is 1.42 bits per heavy atom. The average molecular weight is 619 g/mol. The standard InChI is InChI=1S/C7H8.4BrH.Pb/c1-7-5-3-2-4-6-7;;;;;/h2-6H,1H3;4*1H;/q;;;;;+4/p-4. The topological polar surface area (TPSA) is 0 Å². The molecule has 0 saturated carbocycles. The van der Waals surface area contributed by atoms with Crippen molar-refractivity contribution in [3.8, 4) is 0 Å². The predicted molar refractivity (Wildman–Crippen MR) is 72.6 cm³/mol. The molecule has 0 aliphatic rings. The first-order valence-corrected chi connectivity index (χ1v) is 36.9. The number of benzene rings is 1. The molecule has 1 aromatic rings. The summed E-state index contributed by atoms with van der Waals surface area (Å²) in [5, 5.41) is 0. The summed E-state index contributed by atoms with van der Waals surface area (Å²) in [7, 11) is 0. The van der Waals surface area contributed by atoms with Gasteiger partial charge in [0, 0.05) is 0 Å². The molecule has 0 N–H and O–H groups in total. The quantitative estimate of drug-likeness (QED) is 0.360. The summed E-state index contributed by atoms with van der Waals surface area (Å²) in [6.07, 6.45) is 0. The second-order valence-electron chi connectivity index (χ2n) is 2.08. The van der Waals surface area contributed by atoms with E-state index in [0.717, 1.165) is 0 Å². The summed E-state index contributed by atoms with van der Waals surface area (Å²) in [4.78, 5) is 0. The van der Waals surface area contributed by atoms with Crippen molar-refractivity contribution in [2.24, 2.45) is 0 Å². The normalized spacial score (nSPS) is 10.1. The van der Waals surface area contributed by atoms with Gasteiger partial charge in [-0.1, -0.05) is 35.9 Å². The number of aryl methyl sites for hydroxylation is 1. The zero-order chi connectivity index (χ0) is 9.61. The molecule has 0 amide bonds. The van der Waals surface area contributed by atoms with Crippen LogP contribution in [0.5, 0.6) is 0 Å². The molecule has 12 heavy (non-hydrogen) atoms. The summed E-state index contributed by atoms with van der Waals surface area (Å²) >= 11 is 11.4. The van der Waals surface area contributed by atoms with Gasteiger partial charge in [-0.3, -0.25) is 0 Å². The zero-order valence-corrected chi connectivity index (χ0v) is 16.6. The Hall–Kier alpha value is 2.06. The molecule has 0 aliphatic heterocycles. The van der Waals surface area contributed by atoms with E-state index in [4.69, 9.17) is 0 Å². The van der Waals surface area contributed by atoms with E-state index in [2.05, 4.69) is 67.0 Å². The first kappa shape index (κ1) is 14.1. The van der Waals surface area contributed by atoms with Crippen LogP contribution in [0, 0.1) is 6.92 Å². The Morgan fingerprint density at radius 1 is 0.917 bits per heavy atom. The first-order chi connectivity index (χ1) is 5.39. The molecule has 0 heterocycles. The third-order valence-electron chi connectivity index (χ3n) is 0.940. The van der Waals surface area contributed by atoms with Crippen LogP contribution in [0.25, 0.3) is 0 Å². The van der Waals surface area contributed by atoms with E-state index < -0.39 is 11.5 Å². The monoisotopic (exact) mass is 616 g/mol. The molecule has 68 valence electrons. The van der Waals surface area contributed by atoms with Gasteiger partial charge in [0.05, 0.1) is 0 Å². The van der Waals surface area contributed by atoms with Crippen molar-refractivity contribution in [3.63, 3.8) is 0 Å². The van der Waals surface area contributed by atoms with Gasteiger partial charge in [-0.25, -0.2) is 0 Å². The van der Waals surface area contributed by atoms with Crippen molar-refractivity contribution < 1.29 is 0 Å². The van der Waals surface area contributed by atoms with E-state index >= 15 is 0 Å². The molecule has 0 atom stereocenters. The molecule has 0 fully saturated rings. The van der Waals surface area contributed by atoms with Gasteiger partial charge in [0.15, 0.2) is 0 Å². The summed E-state index contributed by atoms with van der Waals surface area (Å²) < 4.78 is 0. The van der Waals surface area contributed by atoms with Crippen molar-refractivity contribution in [2.75, 3.05) is 0 Å². The van der Waals surface area contributed by atoms with Crippen molar-refractivity contribution in [1.82, 2.24) is 0 Å². The zero-order valence-electron chi connectivity index (χ0n) is 6.40. The van der Waals surface area contributed by atoms with Crippen LogP contribution in [0.2, 0.25) is 0 Å². The third-order valence-corrected chi connectivity index (χ3v) is 0.940. The van der Waals surface area contributed by atoms with Gasteiger partial charge in [-0.15, -0.1) is 0 Å². The molecule has 0 aliphatic carbocycles. The number of rotatable bonds is 0. The van der Waals surface area contributed by atoms with Crippen LogP contribution in [-0.2, 0) is 0 Å². The summed E-state index contributed by atoms with van der Waals surface area (Å²) in [5.41, 5.74) is 1.32. The van der Waals surface area contributed by atoms with Crippen LogP contribution in [0.1, 0.15) is 5.56 Å². The van der Waals surface area contributed by atoms with E-state index in [1.165, 1.54) is 5.56 Å². The fourth-order valence-corrected chi connectivity index (χ4v) is 0.534. The van der Waals surface area contributed by atoms with Crippen LogP contribution in [0.3, 0.4) is 0 Å². The van der Waals surface area contributed by atoms with E-state index in [9.17, 15) is 0 Å². The van der Waals surface area contributed by atoms with Crippen molar-refractivity contribution in [1.29, 1.82) is 0 Å². The number of halogens is 4. The maximum atomic E-state index is 3.35. The second-order valence-corrected chi connectivity index (χ2v) is 103. The van der Waals surface area contributed by atoms with Crippen LogP contribution >= 0.6 is 47.9 Å². The minimum atomic E-state index is -2.03. The molecule has 0 saturated heterocycles. The van der Waals surface area contributed by atoms with E-state index in [1.807, 2.05) is 18.2 Å². The van der Waals surface area contributed by atoms with Gasteiger partial charge >= 0.3 is 59.5 Å². The van der Waals surface area contributed by atoms with Gasteiger partial charge in [0.2, 0.25) is 0 Å². The third kappa shape index (κ3) is 14.6. The number of hydrogen-bond donors (Lipinski definition) is 0. The molecule has 0 aromatic heterocycles. The second kappa shape index (κ2) is 7.37. The van der Waals surface area contributed by atoms with Crippen molar-refractivity contribution in [2.45, 2.75) is 6.92 Å². The molecule has 5 heteroatoms. The Labute approximate surface area is 100 Å². The minimum absolute atomic E-state index is 1.32. The summed E-state index contributed by atoms with van der Waals surface area (Å²) in [6.45, 7) is 2.08. The molecule has 0 unspecified atom stereocenters. The SMILES string of the molecule is Cc1ccccc1.[Br][Pb]([Br])([Br])[Br]. The Kier molecular flexibility index (Phi) is 8.63. The fraction of sp³-hybridized carbons (Fsp3) is 0.143. The van der Waals surface area contributed by atoms with Crippen LogP contribution in [-0.4, -0.2) is 11.5 Å². The maximum absolute atomic E-state index is 3.35. The molecule has 0 radical (unpaired) electrons. The Bertz CT molecular complexity index is 200. The molecule has 1 rings (SSSR count). The Balaban J connectivity index is 0.000000217. The average Bonchev–Trinajstić information content (AvgIpc) is 1.85. The van der Waals surface area contributed by atoms with Gasteiger partial charge in [-0.2, -0.15) is 0 Å². The number of hydrogen-bond acceptors (Lipinski definition) is 0. The van der Waals surface area contributed by atoms with Gasteiger partial charge < -0.3 is 0 Å². The van der Waals surface area contributed by atoms with Crippen molar-refractivity contribution in [3.05, 3.63) is 35.9 Å². The molecular formula is C7H8Br4Pb. The summed E-state index contributed by atoms with van der Waals surface area (Å²) in [5.74, 6) is 0. The molecular weight excluding hydrogens is 611 g/mol. The van der Waals surface area contributed by atoms with E-state index in [0.29, 0.717) is 0 Å². The van der Waals surface area contributed by atoms with Crippen LogP contribution in [0.15, 0.2) is 30.3 Å². The van der Waals surface area contributed by atoms with E-state index in [1.54, 1.807) is 0 Å². The van der Waals surface area contributed by atoms with Crippen molar-refractivity contribution >= 4 is 59.5 Å². The predicted octanol–water partition coefficient (Wildman–Crippen LogP) is 5.00. The van der Waals surface area contributed by atoms with Gasteiger partial charge in [0.25, 0.3) is 0 Å². The van der Waals surface area contributed by atoms with Gasteiger partial charge in [-0.05, 0) is 6.92 Å². The first-order valence-electron chi connectivity index (χ1n) is 3.17. The van der Waals surface area contributed by atoms with E-state index in [-0.39, 0.29) is 0 Å². The molecule has 0 bridgehead atoms. The fourth-order valence-electron chi connectivity index (χ4n) is 0.534.